The maximum atomic E-state index is 11.8. The molecule has 0 aromatic heterocycles. The highest BCUT2D eigenvalue weighted by Gasteiger charge is 2.27. The van der Waals surface area contributed by atoms with E-state index in [2.05, 4.69) is 60.4 Å². The molecule has 2 aromatic carbocycles. The number of aryl methyl sites for hydroxylation is 1. The molecule has 1 aliphatic rings. The Kier molecular flexibility index (Phi) is 4.80. The quantitative estimate of drug-likeness (QED) is 0.786. The van der Waals surface area contributed by atoms with Crippen LogP contribution in [0.25, 0.3) is 0 Å². The van der Waals surface area contributed by atoms with Crippen molar-refractivity contribution in [3.63, 3.8) is 0 Å². The minimum Gasteiger partial charge on any atom is -0.364 e. The summed E-state index contributed by atoms with van der Waals surface area (Å²) in [5, 5.41) is 0. The van der Waals surface area contributed by atoms with Gasteiger partial charge in [0.1, 0.15) is 5.78 Å². The van der Waals surface area contributed by atoms with Crippen molar-refractivity contribution in [3.8, 4) is 0 Å². The maximum absolute atomic E-state index is 11.8. The first-order chi connectivity index (χ1) is 11.2. The smallest absolute Gasteiger partial charge is 0.132 e. The lowest BCUT2D eigenvalue weighted by atomic mass is 9.89. The summed E-state index contributed by atoms with van der Waals surface area (Å²) in [5.74, 6) is 0.358. The van der Waals surface area contributed by atoms with Gasteiger partial charge in [0, 0.05) is 25.1 Å². The molecule has 0 spiro atoms. The molecule has 23 heavy (non-hydrogen) atoms. The third-order valence-corrected chi connectivity index (χ3v) is 4.87. The Hall–Kier alpha value is -2.09. The molecule has 0 bridgehead atoms. The normalized spacial score (nSPS) is 17.0. The Balaban J connectivity index is 1.91. The van der Waals surface area contributed by atoms with E-state index < -0.39 is 0 Å². The summed E-state index contributed by atoms with van der Waals surface area (Å²) in [5.41, 5.74) is 5.37. The highest BCUT2D eigenvalue weighted by atomic mass is 16.1. The Morgan fingerprint density at radius 3 is 2.61 bits per heavy atom. The molecule has 0 saturated heterocycles. The molecular weight excluding hydrogens is 282 g/mol. The Labute approximate surface area is 139 Å². The lowest BCUT2D eigenvalue weighted by Crippen LogP contribution is -2.35. The SMILES string of the molecule is CCC(=O)CCC1c2ccccc2CCN1c1ccc(C)cc1. The van der Waals surface area contributed by atoms with Crippen LogP contribution in [0.1, 0.15) is 48.9 Å². The summed E-state index contributed by atoms with van der Waals surface area (Å²) < 4.78 is 0. The molecule has 1 heterocycles. The number of carbonyl (C=O) groups is 1. The van der Waals surface area contributed by atoms with Crippen LogP contribution in [0, 0.1) is 6.92 Å². The van der Waals surface area contributed by atoms with Crippen LogP contribution in [-0.2, 0) is 11.2 Å². The zero-order valence-electron chi connectivity index (χ0n) is 14.1. The number of hydrogen-bond acceptors (Lipinski definition) is 2. The van der Waals surface area contributed by atoms with Gasteiger partial charge >= 0.3 is 0 Å². The second-order valence-corrected chi connectivity index (χ2v) is 6.42. The maximum Gasteiger partial charge on any atom is 0.132 e. The first-order valence-corrected chi connectivity index (χ1v) is 8.62. The van der Waals surface area contributed by atoms with Crippen LogP contribution in [0.5, 0.6) is 0 Å². The van der Waals surface area contributed by atoms with E-state index in [-0.39, 0.29) is 0 Å². The van der Waals surface area contributed by atoms with Crippen molar-refractivity contribution in [2.75, 3.05) is 11.4 Å². The lowest BCUT2D eigenvalue weighted by Gasteiger charge is -2.39. The van der Waals surface area contributed by atoms with Gasteiger partial charge in [0.05, 0.1) is 6.04 Å². The highest BCUT2D eigenvalue weighted by molar-refractivity contribution is 5.78. The third-order valence-electron chi connectivity index (χ3n) is 4.87. The van der Waals surface area contributed by atoms with Gasteiger partial charge in [-0.1, -0.05) is 48.9 Å². The summed E-state index contributed by atoms with van der Waals surface area (Å²) in [7, 11) is 0. The molecular formula is C21H25NO. The van der Waals surface area contributed by atoms with Crippen molar-refractivity contribution in [1.82, 2.24) is 0 Å². The number of ketones is 1. The van der Waals surface area contributed by atoms with Crippen molar-refractivity contribution in [3.05, 3.63) is 65.2 Å². The van der Waals surface area contributed by atoms with Crippen LogP contribution < -0.4 is 4.90 Å². The Morgan fingerprint density at radius 2 is 1.87 bits per heavy atom. The molecule has 2 aromatic rings. The zero-order chi connectivity index (χ0) is 16.2. The van der Waals surface area contributed by atoms with Gasteiger partial charge in [-0.2, -0.15) is 0 Å². The standard InChI is InChI=1S/C21H25NO/c1-3-19(23)12-13-21-20-7-5-4-6-17(20)14-15-22(21)18-10-8-16(2)9-11-18/h4-11,21H,3,12-15H2,1-2H3. The fourth-order valence-corrected chi connectivity index (χ4v) is 3.48. The molecule has 0 saturated carbocycles. The summed E-state index contributed by atoms with van der Waals surface area (Å²) in [6.45, 7) is 5.09. The average Bonchev–Trinajstić information content (AvgIpc) is 2.60. The summed E-state index contributed by atoms with van der Waals surface area (Å²) in [6.07, 6.45) is 3.27. The van der Waals surface area contributed by atoms with Gasteiger partial charge in [-0.3, -0.25) is 4.79 Å². The molecule has 2 nitrogen and oxygen atoms in total. The van der Waals surface area contributed by atoms with E-state index in [1.807, 2.05) is 6.92 Å². The van der Waals surface area contributed by atoms with Crippen LogP contribution in [-0.4, -0.2) is 12.3 Å². The molecule has 0 fully saturated rings. The van der Waals surface area contributed by atoms with Gasteiger partial charge in [-0.05, 0) is 43.0 Å². The molecule has 0 amide bonds. The first-order valence-electron chi connectivity index (χ1n) is 8.62. The molecule has 120 valence electrons. The Morgan fingerprint density at radius 1 is 1.13 bits per heavy atom. The van der Waals surface area contributed by atoms with Crippen molar-refractivity contribution < 1.29 is 4.79 Å². The molecule has 1 unspecified atom stereocenters. The van der Waals surface area contributed by atoms with Gasteiger partial charge in [-0.25, -0.2) is 0 Å². The van der Waals surface area contributed by atoms with Crippen molar-refractivity contribution in [2.24, 2.45) is 0 Å². The number of anilines is 1. The van der Waals surface area contributed by atoms with E-state index in [9.17, 15) is 4.79 Å². The number of benzene rings is 2. The number of hydrogen-bond donors (Lipinski definition) is 0. The van der Waals surface area contributed by atoms with E-state index in [1.54, 1.807) is 0 Å². The third kappa shape index (κ3) is 3.47. The first kappa shape index (κ1) is 15.8. The van der Waals surface area contributed by atoms with Crippen LogP contribution >= 0.6 is 0 Å². The van der Waals surface area contributed by atoms with E-state index in [0.717, 1.165) is 19.4 Å². The van der Waals surface area contributed by atoms with Gasteiger partial charge in [-0.15, -0.1) is 0 Å². The number of Topliss-reactive ketones (excluding diaryl/α,β-unsaturated/α-hetero) is 1. The lowest BCUT2D eigenvalue weighted by molar-refractivity contribution is -0.118. The molecule has 1 atom stereocenters. The number of fused-ring (bicyclic) bond motifs is 1. The van der Waals surface area contributed by atoms with Crippen LogP contribution in [0.2, 0.25) is 0 Å². The van der Waals surface area contributed by atoms with Crippen molar-refractivity contribution in [2.45, 2.75) is 45.6 Å². The fourth-order valence-electron chi connectivity index (χ4n) is 3.48. The second kappa shape index (κ2) is 6.99. The van der Waals surface area contributed by atoms with Gasteiger partial charge < -0.3 is 4.90 Å². The number of carbonyl (C=O) groups excluding carboxylic acids is 1. The van der Waals surface area contributed by atoms with E-state index in [4.69, 9.17) is 0 Å². The van der Waals surface area contributed by atoms with Gasteiger partial charge in [0.15, 0.2) is 0 Å². The number of nitrogens with zero attached hydrogens (tertiary/aromatic N) is 1. The predicted octanol–water partition coefficient (Wildman–Crippen LogP) is 4.86. The van der Waals surface area contributed by atoms with E-state index >= 15 is 0 Å². The van der Waals surface area contributed by atoms with Crippen LogP contribution in [0.4, 0.5) is 5.69 Å². The summed E-state index contributed by atoms with van der Waals surface area (Å²) >= 11 is 0. The van der Waals surface area contributed by atoms with Gasteiger partial charge in [0.25, 0.3) is 0 Å². The van der Waals surface area contributed by atoms with Crippen molar-refractivity contribution >= 4 is 11.5 Å². The van der Waals surface area contributed by atoms with E-state index in [0.29, 0.717) is 24.7 Å². The predicted molar refractivity (Wildman–Crippen MR) is 95.9 cm³/mol. The van der Waals surface area contributed by atoms with Crippen molar-refractivity contribution in [1.29, 1.82) is 0 Å². The fraction of sp³-hybridized carbons (Fsp3) is 0.381. The summed E-state index contributed by atoms with van der Waals surface area (Å²) in [6, 6.07) is 17.8. The zero-order valence-corrected chi connectivity index (χ0v) is 14.1. The molecule has 2 heteroatoms. The average molecular weight is 307 g/mol. The molecule has 1 aliphatic heterocycles. The van der Waals surface area contributed by atoms with Gasteiger partial charge in [0.2, 0.25) is 0 Å². The Bertz CT molecular complexity index is 674. The largest absolute Gasteiger partial charge is 0.364 e. The van der Waals surface area contributed by atoms with Crippen LogP contribution in [0.15, 0.2) is 48.5 Å². The molecule has 0 radical (unpaired) electrons. The van der Waals surface area contributed by atoms with E-state index in [1.165, 1.54) is 22.4 Å². The minimum absolute atomic E-state index is 0.304. The summed E-state index contributed by atoms with van der Waals surface area (Å²) in [4.78, 5) is 14.3. The molecule has 0 N–H and O–H groups in total. The molecule has 3 rings (SSSR count). The number of rotatable bonds is 5. The monoisotopic (exact) mass is 307 g/mol. The highest BCUT2D eigenvalue weighted by Crippen LogP contribution is 2.36. The topological polar surface area (TPSA) is 20.3 Å². The minimum atomic E-state index is 0.304. The molecule has 0 aliphatic carbocycles. The second-order valence-electron chi connectivity index (χ2n) is 6.42. The van der Waals surface area contributed by atoms with Crippen LogP contribution in [0.3, 0.4) is 0 Å².